The molecule has 0 bridgehead atoms. The standard InChI is InChI=1S/C25H33O8P/c1-8-16(4)34(28,24(26)22-18(32-9-2)12-11-13-19(22)33-10-3)25(27)23-20(30-6)14-17(29-5)15-21(23)31-7/h11-16H,8-10H2,1-7H3. The molecule has 0 N–H and O–H groups in total. The molecule has 0 radical (unpaired) electrons. The van der Waals surface area contributed by atoms with Crippen LogP contribution in [0.5, 0.6) is 28.7 Å². The SMILES string of the molecule is CCOc1cccc(OCC)c1C(=O)P(=O)(C(=O)c1c(OC)cc(OC)cc1OC)C(C)CC. The Morgan fingerprint density at radius 2 is 1.24 bits per heavy atom. The van der Waals surface area contributed by atoms with Crippen molar-refractivity contribution in [3.8, 4) is 28.7 Å². The number of methoxy groups -OCH3 is 3. The zero-order valence-electron chi connectivity index (χ0n) is 20.8. The number of hydrogen-bond acceptors (Lipinski definition) is 8. The van der Waals surface area contributed by atoms with Gasteiger partial charge in [0.15, 0.2) is 0 Å². The number of carbonyl (C=O) groups excluding carboxylic acids is 2. The maximum absolute atomic E-state index is 14.6. The average molecular weight is 493 g/mol. The van der Waals surface area contributed by atoms with Gasteiger partial charge in [-0.1, -0.05) is 19.9 Å². The van der Waals surface area contributed by atoms with E-state index in [1.54, 1.807) is 45.9 Å². The van der Waals surface area contributed by atoms with Gasteiger partial charge >= 0.3 is 0 Å². The van der Waals surface area contributed by atoms with Crippen LogP contribution in [-0.4, -0.2) is 51.3 Å². The van der Waals surface area contributed by atoms with Gasteiger partial charge in [0.1, 0.15) is 39.9 Å². The third kappa shape index (κ3) is 5.07. The fourth-order valence-corrected chi connectivity index (χ4v) is 6.18. The summed E-state index contributed by atoms with van der Waals surface area (Å²) in [4.78, 5) is 28.1. The quantitative estimate of drug-likeness (QED) is 0.331. The molecule has 0 saturated carbocycles. The highest BCUT2D eigenvalue weighted by Crippen LogP contribution is 2.60. The molecule has 0 aliphatic rings. The first-order valence-corrected chi connectivity index (χ1v) is 12.9. The molecule has 0 aliphatic carbocycles. The van der Waals surface area contributed by atoms with Gasteiger partial charge in [0.25, 0.3) is 0 Å². The smallest absolute Gasteiger partial charge is 0.236 e. The number of rotatable bonds is 13. The van der Waals surface area contributed by atoms with E-state index in [0.29, 0.717) is 12.2 Å². The van der Waals surface area contributed by atoms with Gasteiger partial charge in [-0.2, -0.15) is 0 Å². The number of carbonyl (C=O) groups is 2. The lowest BCUT2D eigenvalue weighted by Gasteiger charge is -2.25. The van der Waals surface area contributed by atoms with Gasteiger partial charge < -0.3 is 28.2 Å². The summed E-state index contributed by atoms with van der Waals surface area (Å²) in [6.07, 6.45) is 0.330. The van der Waals surface area contributed by atoms with Gasteiger partial charge in [-0.05, 0) is 32.4 Å². The fraction of sp³-hybridized carbons (Fsp3) is 0.440. The molecule has 0 heterocycles. The summed E-state index contributed by atoms with van der Waals surface area (Å²) in [6, 6.07) is 7.85. The number of hydrogen-bond donors (Lipinski definition) is 0. The maximum Gasteiger partial charge on any atom is 0.236 e. The summed E-state index contributed by atoms with van der Waals surface area (Å²) >= 11 is 0. The molecule has 34 heavy (non-hydrogen) atoms. The first kappa shape index (κ1) is 27.3. The van der Waals surface area contributed by atoms with E-state index >= 15 is 0 Å². The molecule has 0 saturated heterocycles. The largest absolute Gasteiger partial charge is 0.496 e. The molecule has 9 heteroatoms. The summed E-state index contributed by atoms with van der Waals surface area (Å²) < 4.78 is 42.0. The van der Waals surface area contributed by atoms with E-state index in [-0.39, 0.29) is 47.3 Å². The number of ether oxygens (including phenoxy) is 5. The van der Waals surface area contributed by atoms with Gasteiger partial charge in [-0.25, -0.2) is 0 Å². The van der Waals surface area contributed by atoms with Crippen molar-refractivity contribution in [1.29, 1.82) is 0 Å². The molecule has 2 unspecified atom stereocenters. The lowest BCUT2D eigenvalue weighted by atomic mass is 10.2. The molecule has 8 nitrogen and oxygen atoms in total. The van der Waals surface area contributed by atoms with Crippen molar-refractivity contribution in [2.75, 3.05) is 34.5 Å². The second-order valence-electron chi connectivity index (χ2n) is 7.43. The van der Waals surface area contributed by atoms with Crippen LogP contribution >= 0.6 is 7.14 Å². The summed E-state index contributed by atoms with van der Waals surface area (Å²) in [5.74, 6) is 1.00. The molecule has 0 fully saturated rings. The summed E-state index contributed by atoms with van der Waals surface area (Å²) in [7, 11) is -0.0712. The fourth-order valence-electron chi connectivity index (χ4n) is 3.57. The Balaban J connectivity index is 2.83. The van der Waals surface area contributed by atoms with Crippen LogP contribution in [-0.2, 0) is 4.57 Å². The van der Waals surface area contributed by atoms with Gasteiger partial charge in [0, 0.05) is 17.8 Å². The second kappa shape index (κ2) is 11.9. The van der Waals surface area contributed by atoms with E-state index in [1.165, 1.54) is 33.5 Å². The van der Waals surface area contributed by atoms with E-state index in [0.717, 1.165) is 0 Å². The topological polar surface area (TPSA) is 97.4 Å². The predicted octanol–water partition coefficient (Wildman–Crippen LogP) is 5.65. The molecular formula is C25H33O8P. The van der Waals surface area contributed by atoms with Gasteiger partial charge in [0.05, 0.1) is 34.5 Å². The molecule has 186 valence electrons. The Bertz CT molecular complexity index is 1030. The lowest BCUT2D eigenvalue weighted by molar-refractivity contribution is 0.102. The van der Waals surface area contributed by atoms with Crippen LogP contribution in [0.15, 0.2) is 30.3 Å². The van der Waals surface area contributed by atoms with Crippen molar-refractivity contribution in [3.63, 3.8) is 0 Å². The van der Waals surface area contributed by atoms with Gasteiger partial charge in [0.2, 0.25) is 18.2 Å². The van der Waals surface area contributed by atoms with E-state index in [4.69, 9.17) is 23.7 Å². The van der Waals surface area contributed by atoms with Crippen LogP contribution in [0.4, 0.5) is 0 Å². The van der Waals surface area contributed by atoms with Crippen molar-refractivity contribution in [2.24, 2.45) is 0 Å². The molecule has 0 amide bonds. The summed E-state index contributed by atoms with van der Waals surface area (Å²) in [5, 5.41) is 0. The minimum atomic E-state index is -4.28. The van der Waals surface area contributed by atoms with Gasteiger partial charge in [-0.15, -0.1) is 0 Å². The highest BCUT2D eigenvalue weighted by molar-refractivity contribution is 7.96. The highest BCUT2D eigenvalue weighted by Gasteiger charge is 2.48. The maximum atomic E-state index is 14.6. The van der Waals surface area contributed by atoms with Crippen LogP contribution in [0, 0.1) is 0 Å². The number of benzene rings is 2. The zero-order chi connectivity index (χ0) is 25.5. The van der Waals surface area contributed by atoms with E-state index in [2.05, 4.69) is 0 Å². The minimum absolute atomic E-state index is 0.00497. The normalized spacial score (nSPS) is 13.4. The van der Waals surface area contributed by atoms with E-state index in [9.17, 15) is 14.2 Å². The van der Waals surface area contributed by atoms with Crippen LogP contribution in [0.25, 0.3) is 0 Å². The van der Waals surface area contributed by atoms with Gasteiger partial charge in [-0.3, -0.25) is 9.59 Å². The van der Waals surface area contributed by atoms with Crippen molar-refractivity contribution in [1.82, 2.24) is 0 Å². The predicted molar refractivity (Wildman–Crippen MR) is 131 cm³/mol. The Labute approximate surface area is 200 Å². The van der Waals surface area contributed by atoms with Crippen LogP contribution < -0.4 is 23.7 Å². The Kier molecular flexibility index (Phi) is 9.56. The Morgan fingerprint density at radius 1 is 0.794 bits per heavy atom. The Morgan fingerprint density at radius 3 is 1.59 bits per heavy atom. The minimum Gasteiger partial charge on any atom is -0.496 e. The first-order chi connectivity index (χ1) is 16.2. The van der Waals surface area contributed by atoms with Crippen molar-refractivity contribution >= 4 is 18.2 Å². The molecule has 2 aromatic rings. The lowest BCUT2D eigenvalue weighted by Crippen LogP contribution is -2.21. The molecule has 0 aromatic heterocycles. The van der Waals surface area contributed by atoms with Crippen molar-refractivity contribution in [3.05, 3.63) is 41.5 Å². The monoisotopic (exact) mass is 492 g/mol. The van der Waals surface area contributed by atoms with Crippen LogP contribution in [0.1, 0.15) is 54.8 Å². The van der Waals surface area contributed by atoms with Crippen molar-refractivity contribution < 1.29 is 37.8 Å². The Hall–Kier alpha value is -2.99. The third-order valence-electron chi connectivity index (χ3n) is 5.55. The molecule has 2 aromatic carbocycles. The molecular weight excluding hydrogens is 459 g/mol. The summed E-state index contributed by atoms with van der Waals surface area (Å²) in [5.41, 5.74) is -2.51. The van der Waals surface area contributed by atoms with E-state index in [1.807, 2.05) is 0 Å². The van der Waals surface area contributed by atoms with Crippen LogP contribution in [0.3, 0.4) is 0 Å². The van der Waals surface area contributed by atoms with E-state index < -0.39 is 23.8 Å². The molecule has 0 aliphatic heterocycles. The second-order valence-corrected chi connectivity index (χ2v) is 10.4. The molecule has 2 rings (SSSR count). The average Bonchev–Trinajstić information content (AvgIpc) is 2.86. The van der Waals surface area contributed by atoms with Crippen LogP contribution in [0.2, 0.25) is 0 Å². The summed E-state index contributed by atoms with van der Waals surface area (Å²) in [6.45, 7) is 7.50. The molecule has 2 atom stereocenters. The molecule has 0 spiro atoms. The highest BCUT2D eigenvalue weighted by atomic mass is 31.2. The zero-order valence-corrected chi connectivity index (χ0v) is 21.7. The first-order valence-electron chi connectivity index (χ1n) is 11.1. The third-order valence-corrected chi connectivity index (χ3v) is 8.81. The van der Waals surface area contributed by atoms with Crippen molar-refractivity contribution in [2.45, 2.75) is 39.8 Å².